The summed E-state index contributed by atoms with van der Waals surface area (Å²) in [5.74, 6) is 0.0947. The summed E-state index contributed by atoms with van der Waals surface area (Å²) in [5.41, 5.74) is 4.54. The molecular formula is C25H28N2O. The third-order valence-electron chi connectivity index (χ3n) is 5.61. The predicted octanol–water partition coefficient (Wildman–Crippen LogP) is 5.45. The molecule has 3 aromatic rings. The van der Waals surface area contributed by atoms with Gasteiger partial charge in [0.2, 0.25) is 5.91 Å². The van der Waals surface area contributed by atoms with Crippen LogP contribution in [-0.2, 0) is 11.3 Å². The van der Waals surface area contributed by atoms with Crippen molar-refractivity contribution in [1.29, 1.82) is 0 Å². The molecule has 1 aliphatic carbocycles. The van der Waals surface area contributed by atoms with Gasteiger partial charge in [-0.15, -0.1) is 0 Å². The molecule has 1 N–H and O–H groups in total. The van der Waals surface area contributed by atoms with Crippen molar-refractivity contribution in [3.63, 3.8) is 0 Å². The molecule has 0 aliphatic heterocycles. The van der Waals surface area contributed by atoms with Gasteiger partial charge in [0, 0.05) is 31.2 Å². The minimum Gasteiger partial charge on any atom is -0.326 e. The fraction of sp³-hybridized carbons (Fsp3) is 0.320. The minimum atomic E-state index is 0.0947. The molecule has 0 spiro atoms. The molecule has 4 rings (SSSR count). The van der Waals surface area contributed by atoms with E-state index in [0.29, 0.717) is 12.5 Å². The Morgan fingerprint density at radius 1 is 1.04 bits per heavy atom. The van der Waals surface area contributed by atoms with Gasteiger partial charge in [0.05, 0.1) is 0 Å². The second-order valence-corrected chi connectivity index (χ2v) is 7.96. The highest BCUT2D eigenvalue weighted by Crippen LogP contribution is 2.30. The number of nitrogens with one attached hydrogen (secondary N) is 1. The van der Waals surface area contributed by atoms with Gasteiger partial charge in [-0.1, -0.05) is 54.6 Å². The molecule has 1 aliphatic rings. The van der Waals surface area contributed by atoms with Crippen molar-refractivity contribution >= 4 is 22.4 Å². The molecule has 3 heteroatoms. The Kier molecular flexibility index (Phi) is 5.45. The van der Waals surface area contributed by atoms with E-state index >= 15 is 0 Å². The fourth-order valence-electron chi connectivity index (χ4n) is 3.81. The van der Waals surface area contributed by atoms with Crippen LogP contribution in [0.4, 0.5) is 5.69 Å². The van der Waals surface area contributed by atoms with Crippen LogP contribution in [0.15, 0.2) is 60.7 Å². The number of carbonyl (C=O) groups excluding carboxylic acids is 1. The van der Waals surface area contributed by atoms with E-state index in [-0.39, 0.29) is 5.91 Å². The maximum absolute atomic E-state index is 12.6. The van der Waals surface area contributed by atoms with Gasteiger partial charge in [0.1, 0.15) is 0 Å². The first kappa shape index (κ1) is 18.7. The van der Waals surface area contributed by atoms with Gasteiger partial charge < -0.3 is 5.32 Å². The molecule has 3 nitrogen and oxygen atoms in total. The van der Waals surface area contributed by atoms with Crippen LogP contribution in [0.25, 0.3) is 10.8 Å². The van der Waals surface area contributed by atoms with Crippen LogP contribution in [0, 0.1) is 13.8 Å². The number of anilines is 1. The summed E-state index contributed by atoms with van der Waals surface area (Å²) < 4.78 is 0. The van der Waals surface area contributed by atoms with E-state index < -0.39 is 0 Å². The van der Waals surface area contributed by atoms with Crippen LogP contribution < -0.4 is 5.32 Å². The minimum absolute atomic E-state index is 0.0947. The van der Waals surface area contributed by atoms with Crippen LogP contribution in [0.3, 0.4) is 0 Å². The largest absolute Gasteiger partial charge is 0.326 e. The van der Waals surface area contributed by atoms with E-state index in [1.807, 2.05) is 19.9 Å². The van der Waals surface area contributed by atoms with Gasteiger partial charge in [-0.05, 0) is 60.2 Å². The highest BCUT2D eigenvalue weighted by molar-refractivity contribution is 5.91. The van der Waals surface area contributed by atoms with E-state index in [2.05, 4.69) is 64.8 Å². The van der Waals surface area contributed by atoms with Crippen LogP contribution >= 0.6 is 0 Å². The molecule has 1 saturated carbocycles. The third kappa shape index (κ3) is 4.42. The van der Waals surface area contributed by atoms with Crippen molar-refractivity contribution in [2.75, 3.05) is 11.9 Å². The van der Waals surface area contributed by atoms with Gasteiger partial charge in [-0.2, -0.15) is 0 Å². The van der Waals surface area contributed by atoms with Gasteiger partial charge >= 0.3 is 0 Å². The molecule has 0 heterocycles. The summed E-state index contributed by atoms with van der Waals surface area (Å²) in [7, 11) is 0. The zero-order valence-electron chi connectivity index (χ0n) is 16.7. The van der Waals surface area contributed by atoms with Gasteiger partial charge in [0.25, 0.3) is 0 Å². The van der Waals surface area contributed by atoms with Gasteiger partial charge in [-0.25, -0.2) is 0 Å². The van der Waals surface area contributed by atoms with Gasteiger partial charge in [-0.3, -0.25) is 9.69 Å². The number of hydrogen-bond acceptors (Lipinski definition) is 2. The lowest BCUT2D eigenvalue weighted by Gasteiger charge is -2.23. The molecule has 144 valence electrons. The molecule has 3 aromatic carbocycles. The van der Waals surface area contributed by atoms with Crippen LogP contribution in [0.1, 0.15) is 36.0 Å². The lowest BCUT2D eigenvalue weighted by Crippen LogP contribution is -2.29. The number of fused-ring (bicyclic) bond motifs is 1. The molecular weight excluding hydrogens is 344 g/mol. The zero-order chi connectivity index (χ0) is 19.5. The third-order valence-corrected chi connectivity index (χ3v) is 5.61. The van der Waals surface area contributed by atoms with E-state index in [0.717, 1.165) is 29.9 Å². The zero-order valence-corrected chi connectivity index (χ0v) is 16.7. The Balaban J connectivity index is 1.41. The molecule has 0 saturated heterocycles. The summed E-state index contributed by atoms with van der Waals surface area (Å²) in [6.45, 7) is 5.79. The number of hydrogen-bond donors (Lipinski definition) is 1. The number of amides is 1. The first-order valence-electron chi connectivity index (χ1n) is 10.2. The molecule has 0 radical (unpaired) electrons. The SMILES string of the molecule is Cc1ccc(C)c(NC(=O)CCN(Cc2cccc3ccccc23)C2CC2)c1. The monoisotopic (exact) mass is 372 g/mol. The topological polar surface area (TPSA) is 32.3 Å². The number of nitrogens with zero attached hydrogens (tertiary/aromatic N) is 1. The highest BCUT2D eigenvalue weighted by atomic mass is 16.1. The highest BCUT2D eigenvalue weighted by Gasteiger charge is 2.29. The fourth-order valence-corrected chi connectivity index (χ4v) is 3.81. The summed E-state index contributed by atoms with van der Waals surface area (Å²) in [4.78, 5) is 15.0. The van der Waals surface area contributed by atoms with Crippen LogP contribution in [0.2, 0.25) is 0 Å². The van der Waals surface area contributed by atoms with Crippen molar-refractivity contribution in [2.24, 2.45) is 0 Å². The number of carbonyl (C=O) groups is 1. The summed E-state index contributed by atoms with van der Waals surface area (Å²) in [6.07, 6.45) is 3.00. The van der Waals surface area contributed by atoms with Crippen LogP contribution in [-0.4, -0.2) is 23.4 Å². The molecule has 0 bridgehead atoms. The second kappa shape index (κ2) is 8.15. The Labute approximate surface area is 167 Å². The quantitative estimate of drug-likeness (QED) is 0.598. The van der Waals surface area contributed by atoms with Crippen LogP contribution in [0.5, 0.6) is 0 Å². The average molecular weight is 373 g/mol. The lowest BCUT2D eigenvalue weighted by molar-refractivity contribution is -0.116. The molecule has 28 heavy (non-hydrogen) atoms. The normalized spacial score (nSPS) is 13.8. The Morgan fingerprint density at radius 3 is 2.64 bits per heavy atom. The average Bonchev–Trinajstić information content (AvgIpc) is 3.53. The summed E-state index contributed by atoms with van der Waals surface area (Å²) in [6, 6.07) is 21.9. The lowest BCUT2D eigenvalue weighted by atomic mass is 10.0. The first-order valence-corrected chi connectivity index (χ1v) is 10.2. The molecule has 0 aromatic heterocycles. The maximum Gasteiger partial charge on any atom is 0.225 e. The van der Waals surface area contributed by atoms with E-state index in [1.165, 1.54) is 29.2 Å². The standard InChI is InChI=1S/C25H28N2O/c1-18-10-11-19(2)24(16-18)26-25(28)14-15-27(22-12-13-22)17-21-8-5-7-20-6-3-4-9-23(20)21/h3-11,16,22H,12-15,17H2,1-2H3,(H,26,28). The Bertz CT molecular complexity index is 986. The van der Waals surface area contributed by atoms with E-state index in [9.17, 15) is 4.79 Å². The Morgan fingerprint density at radius 2 is 1.82 bits per heavy atom. The number of aryl methyl sites for hydroxylation is 2. The van der Waals surface area contributed by atoms with E-state index in [1.54, 1.807) is 0 Å². The smallest absolute Gasteiger partial charge is 0.225 e. The Hall–Kier alpha value is -2.65. The van der Waals surface area contributed by atoms with Crippen molar-refractivity contribution in [3.05, 3.63) is 77.4 Å². The summed E-state index contributed by atoms with van der Waals surface area (Å²) in [5, 5.41) is 5.69. The predicted molar refractivity (Wildman–Crippen MR) is 117 cm³/mol. The van der Waals surface area contributed by atoms with Crippen molar-refractivity contribution in [2.45, 2.75) is 45.7 Å². The van der Waals surface area contributed by atoms with Gasteiger partial charge in [0.15, 0.2) is 0 Å². The second-order valence-electron chi connectivity index (χ2n) is 7.96. The molecule has 1 amide bonds. The van der Waals surface area contributed by atoms with Crippen molar-refractivity contribution in [1.82, 2.24) is 4.90 Å². The number of rotatable bonds is 7. The van der Waals surface area contributed by atoms with Crippen molar-refractivity contribution < 1.29 is 4.79 Å². The molecule has 0 unspecified atom stereocenters. The molecule has 1 fully saturated rings. The van der Waals surface area contributed by atoms with Crippen molar-refractivity contribution in [3.8, 4) is 0 Å². The maximum atomic E-state index is 12.6. The summed E-state index contributed by atoms with van der Waals surface area (Å²) >= 11 is 0. The number of benzene rings is 3. The molecule has 0 atom stereocenters. The van der Waals surface area contributed by atoms with E-state index in [4.69, 9.17) is 0 Å². The first-order chi connectivity index (χ1) is 13.6.